The van der Waals surface area contributed by atoms with Crippen molar-refractivity contribution in [3.63, 3.8) is 0 Å². The van der Waals surface area contributed by atoms with E-state index in [1.807, 2.05) is 22.6 Å². The molecule has 0 fully saturated rings. The average Bonchev–Trinajstić information content (AvgIpc) is 1.88. The summed E-state index contributed by atoms with van der Waals surface area (Å²) < 4.78 is 0.660. The van der Waals surface area contributed by atoms with E-state index in [9.17, 15) is 4.79 Å². The molecule has 0 unspecified atom stereocenters. The molecule has 1 heterocycles. The van der Waals surface area contributed by atoms with E-state index in [0.29, 0.717) is 9.13 Å². The predicted octanol–water partition coefficient (Wildman–Crippen LogP) is 1.81. The van der Waals surface area contributed by atoms with Crippen LogP contribution in [0.3, 0.4) is 0 Å². The van der Waals surface area contributed by atoms with Gasteiger partial charge in [0.1, 0.15) is 0 Å². The van der Waals surface area contributed by atoms with Gasteiger partial charge in [-0.3, -0.25) is 4.98 Å². The Balaban J connectivity index is 0.000001000. The first kappa shape index (κ1) is 10.6. The second kappa shape index (κ2) is 4.50. The molecule has 11 heavy (non-hydrogen) atoms. The number of hydrogen-bond donors (Lipinski definition) is 1. The molecular weight excluding hydrogens is 280 g/mol. The van der Waals surface area contributed by atoms with Gasteiger partial charge in [0, 0.05) is 16.0 Å². The molecule has 0 aliphatic carbocycles. The fourth-order valence-electron chi connectivity index (χ4n) is 0.549. The van der Waals surface area contributed by atoms with E-state index in [0.717, 1.165) is 0 Å². The topological polar surface area (TPSA) is 50.2 Å². The lowest BCUT2D eigenvalue weighted by atomic mass is 10.3. The Kier molecular flexibility index (Phi) is 4.36. The van der Waals surface area contributed by atoms with Crippen molar-refractivity contribution >= 4 is 41.0 Å². The zero-order chi connectivity index (χ0) is 7.56. The number of aromatic nitrogens is 1. The van der Waals surface area contributed by atoms with Crippen LogP contribution in [0.5, 0.6) is 0 Å². The van der Waals surface area contributed by atoms with Crippen molar-refractivity contribution in [2.75, 3.05) is 0 Å². The summed E-state index contributed by atoms with van der Waals surface area (Å²) in [7, 11) is 0. The van der Waals surface area contributed by atoms with E-state index in [2.05, 4.69) is 4.98 Å². The van der Waals surface area contributed by atoms with Gasteiger partial charge >= 0.3 is 5.97 Å². The Hall–Kier alpha value is -0.360. The highest BCUT2D eigenvalue weighted by Crippen LogP contribution is 2.08. The average molecular weight is 285 g/mol. The third-order valence-electron chi connectivity index (χ3n) is 1.00. The molecule has 0 bridgehead atoms. The molecule has 0 radical (unpaired) electrons. The van der Waals surface area contributed by atoms with Gasteiger partial charge in [-0.05, 0) is 28.7 Å². The molecule has 60 valence electrons. The minimum Gasteiger partial charge on any atom is -0.478 e. The van der Waals surface area contributed by atoms with Crippen LogP contribution < -0.4 is 0 Å². The normalized spacial score (nSPS) is 8.45. The van der Waals surface area contributed by atoms with E-state index >= 15 is 0 Å². The Bertz CT molecular complexity index is 267. The molecule has 0 saturated carbocycles. The number of rotatable bonds is 1. The Morgan fingerprint density at radius 3 is 2.64 bits per heavy atom. The Labute approximate surface area is 83.4 Å². The van der Waals surface area contributed by atoms with E-state index in [-0.39, 0.29) is 12.4 Å². The number of aromatic carboxylic acids is 1. The third-order valence-corrected chi connectivity index (χ3v) is 1.86. The van der Waals surface area contributed by atoms with E-state index in [1.54, 1.807) is 0 Å². The summed E-state index contributed by atoms with van der Waals surface area (Å²) in [6.07, 6.45) is 2.98. The predicted molar refractivity (Wildman–Crippen MR) is 51.2 cm³/mol. The molecular formula is C6H5ClINO2. The molecule has 1 aromatic rings. The lowest BCUT2D eigenvalue weighted by Crippen LogP contribution is -1.98. The molecule has 1 rings (SSSR count). The third kappa shape index (κ3) is 2.63. The standard InChI is InChI=1S/C6H4INO2.ClH/c7-5-3-8-2-1-4(5)6(9)10;/h1-3H,(H,9,10);1H. The summed E-state index contributed by atoms with van der Waals surface area (Å²) in [5.74, 6) is -0.910. The van der Waals surface area contributed by atoms with Crippen molar-refractivity contribution in [3.05, 3.63) is 27.6 Å². The van der Waals surface area contributed by atoms with Crippen LogP contribution in [0.25, 0.3) is 0 Å². The van der Waals surface area contributed by atoms with Gasteiger partial charge in [-0.1, -0.05) is 0 Å². The van der Waals surface area contributed by atoms with Crippen molar-refractivity contribution in [3.8, 4) is 0 Å². The molecule has 0 atom stereocenters. The van der Waals surface area contributed by atoms with Gasteiger partial charge in [-0.15, -0.1) is 12.4 Å². The molecule has 0 aliphatic rings. The van der Waals surface area contributed by atoms with Gasteiger partial charge in [0.15, 0.2) is 0 Å². The van der Waals surface area contributed by atoms with Crippen LogP contribution in [-0.2, 0) is 0 Å². The van der Waals surface area contributed by atoms with Crippen molar-refractivity contribution < 1.29 is 9.90 Å². The quantitative estimate of drug-likeness (QED) is 0.801. The van der Waals surface area contributed by atoms with Crippen molar-refractivity contribution in [1.82, 2.24) is 4.98 Å². The second-order valence-electron chi connectivity index (χ2n) is 1.66. The number of carbonyl (C=O) groups is 1. The maximum Gasteiger partial charge on any atom is 0.336 e. The number of halogens is 2. The summed E-state index contributed by atoms with van der Waals surface area (Å²) >= 11 is 1.93. The van der Waals surface area contributed by atoms with Gasteiger partial charge in [0.05, 0.1) is 5.56 Å². The van der Waals surface area contributed by atoms with Gasteiger partial charge in [0.2, 0.25) is 0 Å². The van der Waals surface area contributed by atoms with E-state index in [1.165, 1.54) is 18.5 Å². The lowest BCUT2D eigenvalue weighted by molar-refractivity contribution is 0.0695. The molecule has 1 N–H and O–H groups in total. The highest BCUT2D eigenvalue weighted by atomic mass is 127. The van der Waals surface area contributed by atoms with Crippen LogP contribution in [0.2, 0.25) is 0 Å². The Morgan fingerprint density at radius 2 is 2.27 bits per heavy atom. The number of carboxylic acid groups (broad SMARTS) is 1. The minimum atomic E-state index is -0.910. The molecule has 0 spiro atoms. The molecule has 1 aromatic heterocycles. The summed E-state index contributed by atoms with van der Waals surface area (Å²) in [5.41, 5.74) is 0.301. The lowest BCUT2D eigenvalue weighted by Gasteiger charge is -1.94. The van der Waals surface area contributed by atoms with Gasteiger partial charge in [-0.2, -0.15) is 0 Å². The second-order valence-corrected chi connectivity index (χ2v) is 2.82. The molecule has 5 heteroatoms. The molecule has 0 amide bonds. The van der Waals surface area contributed by atoms with Crippen molar-refractivity contribution in [2.45, 2.75) is 0 Å². The largest absolute Gasteiger partial charge is 0.478 e. The fourth-order valence-corrected chi connectivity index (χ4v) is 1.12. The molecule has 3 nitrogen and oxygen atoms in total. The molecule has 0 saturated heterocycles. The fraction of sp³-hybridized carbons (Fsp3) is 0. The van der Waals surface area contributed by atoms with E-state index < -0.39 is 5.97 Å². The number of nitrogens with zero attached hydrogens (tertiary/aromatic N) is 1. The summed E-state index contributed by atoms with van der Waals surface area (Å²) in [6, 6.07) is 1.48. The highest BCUT2D eigenvalue weighted by Gasteiger charge is 2.05. The first-order chi connectivity index (χ1) is 4.72. The van der Waals surface area contributed by atoms with Crippen LogP contribution >= 0.6 is 35.0 Å². The van der Waals surface area contributed by atoms with Gasteiger partial charge in [0.25, 0.3) is 0 Å². The SMILES string of the molecule is Cl.O=C(O)c1ccncc1I. The summed E-state index contributed by atoms with van der Waals surface area (Å²) in [4.78, 5) is 14.1. The highest BCUT2D eigenvalue weighted by molar-refractivity contribution is 14.1. The first-order valence-corrected chi connectivity index (χ1v) is 3.62. The zero-order valence-electron chi connectivity index (χ0n) is 5.32. The van der Waals surface area contributed by atoms with E-state index in [4.69, 9.17) is 5.11 Å². The molecule has 0 aromatic carbocycles. The smallest absolute Gasteiger partial charge is 0.336 e. The van der Waals surface area contributed by atoms with Gasteiger partial charge in [-0.25, -0.2) is 4.79 Å². The first-order valence-electron chi connectivity index (χ1n) is 2.54. The number of hydrogen-bond acceptors (Lipinski definition) is 2. The van der Waals surface area contributed by atoms with Crippen LogP contribution in [0.1, 0.15) is 10.4 Å². The minimum absolute atomic E-state index is 0. The summed E-state index contributed by atoms with van der Waals surface area (Å²) in [5, 5.41) is 8.53. The van der Waals surface area contributed by atoms with Crippen LogP contribution in [-0.4, -0.2) is 16.1 Å². The summed E-state index contributed by atoms with van der Waals surface area (Å²) in [6.45, 7) is 0. The maximum atomic E-state index is 10.4. The monoisotopic (exact) mass is 285 g/mol. The van der Waals surface area contributed by atoms with Crippen LogP contribution in [0, 0.1) is 3.57 Å². The van der Waals surface area contributed by atoms with Crippen molar-refractivity contribution in [1.29, 1.82) is 0 Å². The maximum absolute atomic E-state index is 10.4. The van der Waals surface area contributed by atoms with Crippen LogP contribution in [0.15, 0.2) is 18.5 Å². The Morgan fingerprint density at radius 1 is 1.64 bits per heavy atom. The van der Waals surface area contributed by atoms with Crippen molar-refractivity contribution in [2.24, 2.45) is 0 Å². The van der Waals surface area contributed by atoms with Gasteiger partial charge < -0.3 is 5.11 Å². The number of pyridine rings is 1. The van der Waals surface area contributed by atoms with Crippen LogP contribution in [0.4, 0.5) is 0 Å². The molecule has 0 aliphatic heterocycles. The number of carboxylic acids is 1. The zero-order valence-corrected chi connectivity index (χ0v) is 8.29.